The molecule has 6 aliphatic heterocycles. The second-order valence-corrected chi connectivity index (χ2v) is 15.4. The number of halogens is 1. The predicted octanol–water partition coefficient (Wildman–Crippen LogP) is 1.69. The average Bonchev–Trinajstić information content (AvgIpc) is 3.86. The Hall–Kier alpha value is -2.62. The summed E-state index contributed by atoms with van der Waals surface area (Å²) in [5.74, 6) is -2.73. The van der Waals surface area contributed by atoms with Gasteiger partial charge in [0.05, 0.1) is 54.2 Å². The van der Waals surface area contributed by atoms with E-state index in [-0.39, 0.29) is 66.6 Å². The third kappa shape index (κ3) is 4.96. The van der Waals surface area contributed by atoms with Gasteiger partial charge in [0.15, 0.2) is 0 Å². The van der Waals surface area contributed by atoms with E-state index < -0.39 is 40.3 Å². The van der Waals surface area contributed by atoms with E-state index in [1.54, 1.807) is 21.3 Å². The lowest BCUT2D eigenvalue weighted by molar-refractivity contribution is -0.155. The van der Waals surface area contributed by atoms with E-state index in [0.29, 0.717) is 44.1 Å². The van der Waals surface area contributed by atoms with Gasteiger partial charge in [-0.3, -0.25) is 19.2 Å². The van der Waals surface area contributed by atoms with Crippen molar-refractivity contribution in [2.75, 3.05) is 41.2 Å². The zero-order valence-electron chi connectivity index (χ0n) is 27.8. The minimum atomic E-state index is -0.893. The first kappa shape index (κ1) is 36.7. The van der Waals surface area contributed by atoms with Crippen molar-refractivity contribution in [3.05, 3.63) is 34.3 Å². The molecule has 266 valence electrons. The fourth-order valence-corrected chi connectivity index (χ4v) is 11.2. The SMILES string of the molecule is COC[C@@]12CC[C@@H](C[C@H]1C(=O)N1[C@H]3CC[C@]1(COC)[C@H](C(=O)N1[C@H]4CC[C@]1(COC)[C@H](C(=O)O)C4)C3)N2C(=O)c1ccc(Br)cc1.O.O. The van der Waals surface area contributed by atoms with Gasteiger partial charge in [-0.25, -0.2) is 0 Å². The first-order valence-corrected chi connectivity index (χ1v) is 17.3. The summed E-state index contributed by atoms with van der Waals surface area (Å²) < 4.78 is 18.0. The number of rotatable bonds is 10. The maximum absolute atomic E-state index is 15.0. The third-order valence-corrected chi connectivity index (χ3v) is 13.1. The second kappa shape index (κ2) is 13.3. The van der Waals surface area contributed by atoms with E-state index in [2.05, 4.69) is 15.9 Å². The van der Waals surface area contributed by atoms with Crippen LogP contribution >= 0.6 is 15.9 Å². The Morgan fingerprint density at radius 3 is 1.48 bits per heavy atom. The van der Waals surface area contributed by atoms with Crippen molar-refractivity contribution >= 4 is 39.6 Å². The quantitative estimate of drug-likeness (QED) is 0.375. The number of fused-ring (bicyclic) bond motifs is 6. The van der Waals surface area contributed by atoms with Crippen LogP contribution in [0.1, 0.15) is 68.1 Å². The smallest absolute Gasteiger partial charge is 0.309 e. The Labute approximate surface area is 289 Å². The molecule has 7 rings (SSSR count). The molecule has 5 N–H and O–H groups in total. The number of amides is 3. The van der Waals surface area contributed by atoms with Crippen LogP contribution in [0.3, 0.4) is 0 Å². The fourth-order valence-electron chi connectivity index (χ4n) is 11.0. The molecular weight excluding hydrogens is 690 g/mol. The lowest BCUT2D eigenvalue weighted by Crippen LogP contribution is -2.62. The maximum atomic E-state index is 15.0. The Morgan fingerprint density at radius 2 is 1.06 bits per heavy atom. The van der Waals surface area contributed by atoms with Crippen molar-refractivity contribution in [3.8, 4) is 0 Å². The number of nitrogens with zero attached hydrogens (tertiary/aromatic N) is 3. The number of benzene rings is 1. The molecule has 13 nitrogen and oxygen atoms in total. The van der Waals surface area contributed by atoms with Gasteiger partial charge in [0.1, 0.15) is 0 Å². The van der Waals surface area contributed by atoms with Crippen LogP contribution in [0.15, 0.2) is 28.7 Å². The van der Waals surface area contributed by atoms with Crippen LogP contribution in [0.5, 0.6) is 0 Å². The number of carbonyl (C=O) groups excluding carboxylic acids is 3. The molecule has 6 heterocycles. The summed E-state index contributed by atoms with van der Waals surface area (Å²) in [5.41, 5.74) is -1.91. The van der Waals surface area contributed by atoms with Gasteiger partial charge >= 0.3 is 5.97 Å². The lowest BCUT2D eigenvalue weighted by atomic mass is 9.74. The Morgan fingerprint density at radius 1 is 0.688 bits per heavy atom. The molecule has 9 atom stereocenters. The highest BCUT2D eigenvalue weighted by atomic mass is 79.9. The molecule has 0 spiro atoms. The second-order valence-electron chi connectivity index (χ2n) is 14.5. The van der Waals surface area contributed by atoms with Crippen molar-refractivity contribution in [1.82, 2.24) is 14.7 Å². The third-order valence-electron chi connectivity index (χ3n) is 12.6. The molecule has 0 unspecified atom stereocenters. The van der Waals surface area contributed by atoms with E-state index >= 15 is 0 Å². The first-order chi connectivity index (χ1) is 22.1. The van der Waals surface area contributed by atoms with E-state index in [9.17, 15) is 24.3 Å². The van der Waals surface area contributed by atoms with Crippen molar-refractivity contribution in [2.45, 2.75) is 92.5 Å². The molecule has 0 saturated carbocycles. The molecule has 0 radical (unpaired) electrons. The summed E-state index contributed by atoms with van der Waals surface area (Å²) in [6, 6.07) is 6.98. The van der Waals surface area contributed by atoms with Crippen LogP contribution in [-0.4, -0.2) is 130 Å². The van der Waals surface area contributed by atoms with Crippen molar-refractivity contribution in [1.29, 1.82) is 0 Å². The van der Waals surface area contributed by atoms with Gasteiger partial charge in [-0.15, -0.1) is 0 Å². The number of carbonyl (C=O) groups is 4. The summed E-state index contributed by atoms with van der Waals surface area (Å²) in [5, 5.41) is 10.1. The molecular formula is C34H48BrN3O10. The molecule has 1 aromatic carbocycles. The molecule has 6 fully saturated rings. The molecule has 48 heavy (non-hydrogen) atoms. The highest BCUT2D eigenvalue weighted by molar-refractivity contribution is 9.10. The van der Waals surface area contributed by atoms with Crippen LogP contribution < -0.4 is 0 Å². The number of carboxylic acid groups (broad SMARTS) is 1. The molecule has 0 aliphatic carbocycles. The van der Waals surface area contributed by atoms with Gasteiger partial charge < -0.3 is 45.0 Å². The van der Waals surface area contributed by atoms with Gasteiger partial charge in [-0.1, -0.05) is 15.9 Å². The topological polar surface area (TPSA) is 189 Å². The van der Waals surface area contributed by atoms with Gasteiger partial charge in [0.25, 0.3) is 5.91 Å². The number of carboxylic acids is 1. The Kier molecular flexibility index (Phi) is 10.1. The van der Waals surface area contributed by atoms with E-state index in [4.69, 9.17) is 14.2 Å². The number of methoxy groups -OCH3 is 3. The molecule has 14 heteroatoms. The molecule has 6 saturated heterocycles. The predicted molar refractivity (Wildman–Crippen MR) is 176 cm³/mol. The minimum absolute atomic E-state index is 0. The van der Waals surface area contributed by atoms with Crippen molar-refractivity contribution in [2.24, 2.45) is 17.8 Å². The van der Waals surface area contributed by atoms with Crippen LogP contribution in [0, 0.1) is 17.8 Å². The number of aliphatic carboxylic acids is 1. The summed E-state index contributed by atoms with van der Waals surface area (Å²) in [6.07, 6.45) is 5.74. The van der Waals surface area contributed by atoms with Crippen LogP contribution in [0.25, 0.3) is 0 Å². The first-order valence-electron chi connectivity index (χ1n) is 16.5. The summed E-state index contributed by atoms with van der Waals surface area (Å²) in [4.78, 5) is 61.9. The van der Waals surface area contributed by atoms with Crippen LogP contribution in [0.4, 0.5) is 0 Å². The highest BCUT2D eigenvalue weighted by Gasteiger charge is 2.70. The van der Waals surface area contributed by atoms with Gasteiger partial charge in [0, 0.05) is 49.5 Å². The van der Waals surface area contributed by atoms with Gasteiger partial charge in [-0.2, -0.15) is 0 Å². The van der Waals surface area contributed by atoms with Gasteiger partial charge in [-0.05, 0) is 82.1 Å². The normalized spacial score (nSPS) is 37.1. The van der Waals surface area contributed by atoms with E-state index in [0.717, 1.165) is 23.7 Å². The van der Waals surface area contributed by atoms with Crippen LogP contribution in [0.2, 0.25) is 0 Å². The molecule has 1 aromatic rings. The highest BCUT2D eigenvalue weighted by Crippen LogP contribution is 2.59. The molecule has 0 aromatic heterocycles. The molecule has 6 aliphatic rings. The minimum Gasteiger partial charge on any atom is -0.481 e. The summed E-state index contributed by atoms with van der Waals surface area (Å²) in [6.45, 7) is 0.651. The Balaban J connectivity index is 0.00000225. The van der Waals surface area contributed by atoms with E-state index in [1.807, 2.05) is 39.0 Å². The maximum Gasteiger partial charge on any atom is 0.309 e. The summed E-state index contributed by atoms with van der Waals surface area (Å²) >= 11 is 3.45. The average molecular weight is 739 g/mol. The zero-order valence-corrected chi connectivity index (χ0v) is 29.4. The van der Waals surface area contributed by atoms with Gasteiger partial charge in [0.2, 0.25) is 11.8 Å². The summed E-state index contributed by atoms with van der Waals surface area (Å²) in [7, 11) is 4.79. The van der Waals surface area contributed by atoms with E-state index in [1.165, 1.54) is 0 Å². The monoisotopic (exact) mass is 737 g/mol. The number of hydrogen-bond donors (Lipinski definition) is 1. The largest absolute Gasteiger partial charge is 0.481 e. The number of hydrogen-bond acceptors (Lipinski definition) is 7. The van der Waals surface area contributed by atoms with Crippen molar-refractivity contribution < 1.29 is 49.4 Å². The zero-order chi connectivity index (χ0) is 32.6. The molecule has 3 amide bonds. The van der Waals surface area contributed by atoms with Crippen LogP contribution in [-0.2, 0) is 28.6 Å². The van der Waals surface area contributed by atoms with Crippen molar-refractivity contribution in [3.63, 3.8) is 0 Å². The standard InChI is InChI=1S/C34H44BrN3O8.2H2O/c1-44-17-32-11-8-22(36(32)28(39)20-4-6-21(35)7-5-20)14-25(32)29(40)37-23-9-12-33(37,18-45-2)26(15-23)30(41)38-24-10-13-34(38,19-46-3)27(16-24)31(42)43;;/h4-7,22-27H,8-19H2,1-3H3,(H,42,43);2*1H2/t22-,23-,24-,25-,26-,27-,32-,33-,34-;;/m0../s1. The fraction of sp³-hybridized carbons (Fsp3) is 0.706. The number of ether oxygens (including phenoxy) is 3. The Bertz CT molecular complexity index is 1430. The lowest BCUT2D eigenvalue weighted by Gasteiger charge is -2.45. The molecule has 6 bridgehead atoms.